The van der Waals surface area contributed by atoms with Crippen molar-refractivity contribution in [1.82, 2.24) is 15.0 Å². The van der Waals surface area contributed by atoms with E-state index in [1.807, 2.05) is 24.3 Å². The Labute approximate surface area is 143 Å². The second-order valence-electron chi connectivity index (χ2n) is 5.13. The summed E-state index contributed by atoms with van der Waals surface area (Å²) >= 11 is 1.40. The van der Waals surface area contributed by atoms with Gasteiger partial charge in [-0.3, -0.25) is 4.79 Å². The van der Waals surface area contributed by atoms with Crippen LogP contribution < -0.4 is 5.43 Å². The van der Waals surface area contributed by atoms with Gasteiger partial charge in [0.05, 0.1) is 23.0 Å². The molecule has 0 bridgehead atoms. The van der Waals surface area contributed by atoms with Crippen molar-refractivity contribution in [1.29, 1.82) is 0 Å². The van der Waals surface area contributed by atoms with Crippen molar-refractivity contribution in [3.05, 3.63) is 48.4 Å². The van der Waals surface area contributed by atoms with Gasteiger partial charge in [-0.05, 0) is 38.1 Å². The van der Waals surface area contributed by atoms with Crippen LogP contribution in [0.2, 0.25) is 0 Å². The number of imidazole rings is 1. The minimum atomic E-state index is -0.180. The van der Waals surface area contributed by atoms with E-state index in [2.05, 4.69) is 27.0 Å². The molecule has 7 heteroatoms. The zero-order valence-corrected chi connectivity index (χ0v) is 14.3. The summed E-state index contributed by atoms with van der Waals surface area (Å²) in [6, 6.07) is 11.5. The summed E-state index contributed by atoms with van der Waals surface area (Å²) in [7, 11) is 0. The van der Waals surface area contributed by atoms with Crippen molar-refractivity contribution in [2.75, 3.05) is 5.75 Å². The molecule has 3 rings (SSSR count). The number of furan rings is 1. The van der Waals surface area contributed by atoms with Crippen molar-refractivity contribution in [2.45, 2.75) is 25.5 Å². The Morgan fingerprint density at radius 2 is 2.17 bits per heavy atom. The van der Waals surface area contributed by atoms with Crippen LogP contribution in [-0.4, -0.2) is 26.9 Å². The second kappa shape index (κ2) is 7.35. The van der Waals surface area contributed by atoms with Gasteiger partial charge in [0.2, 0.25) is 0 Å². The molecular formula is C17H18N4O2S. The minimum Gasteiger partial charge on any atom is -0.463 e. The Morgan fingerprint density at radius 1 is 1.33 bits per heavy atom. The maximum atomic E-state index is 12.0. The maximum absolute atomic E-state index is 12.0. The molecule has 0 aliphatic heterocycles. The number of amides is 1. The Morgan fingerprint density at radius 3 is 2.92 bits per heavy atom. The molecule has 1 aromatic carbocycles. The summed E-state index contributed by atoms with van der Waals surface area (Å²) in [6.45, 7) is 4.65. The number of aromatic nitrogens is 2. The first-order valence-corrected chi connectivity index (χ1v) is 8.62. The molecule has 0 atom stereocenters. The van der Waals surface area contributed by atoms with Gasteiger partial charge in [0, 0.05) is 6.54 Å². The predicted molar refractivity (Wildman–Crippen MR) is 95.2 cm³/mol. The molecule has 0 aliphatic carbocycles. The van der Waals surface area contributed by atoms with E-state index in [1.165, 1.54) is 11.8 Å². The molecule has 0 saturated carbocycles. The molecule has 0 aliphatic rings. The number of nitrogens with one attached hydrogen (secondary N) is 1. The molecule has 1 N–H and O–H groups in total. The van der Waals surface area contributed by atoms with Crippen molar-refractivity contribution in [2.24, 2.45) is 5.10 Å². The highest BCUT2D eigenvalue weighted by Gasteiger charge is 2.11. The number of hydrogen-bond acceptors (Lipinski definition) is 5. The summed E-state index contributed by atoms with van der Waals surface area (Å²) in [5.41, 5.74) is 5.18. The SMILES string of the molecule is CCn1c(SCC(=O)N/N=C(/C)c2ccco2)nc2ccccc21. The van der Waals surface area contributed by atoms with Gasteiger partial charge in [-0.15, -0.1) is 0 Å². The second-order valence-corrected chi connectivity index (χ2v) is 6.07. The number of hydrogen-bond donors (Lipinski definition) is 1. The number of carbonyl (C=O) groups is 1. The van der Waals surface area contributed by atoms with E-state index in [0.717, 1.165) is 22.7 Å². The van der Waals surface area contributed by atoms with Crippen LogP contribution in [0.5, 0.6) is 0 Å². The third-order valence-electron chi connectivity index (χ3n) is 3.49. The lowest BCUT2D eigenvalue weighted by atomic mass is 10.3. The molecular weight excluding hydrogens is 324 g/mol. The van der Waals surface area contributed by atoms with Crippen LogP contribution in [0.15, 0.2) is 57.3 Å². The molecule has 0 fully saturated rings. The minimum absolute atomic E-state index is 0.180. The van der Waals surface area contributed by atoms with Crippen LogP contribution in [-0.2, 0) is 11.3 Å². The fraction of sp³-hybridized carbons (Fsp3) is 0.235. The molecule has 2 aromatic heterocycles. The number of aryl methyl sites for hydroxylation is 1. The molecule has 3 aromatic rings. The largest absolute Gasteiger partial charge is 0.463 e. The molecule has 24 heavy (non-hydrogen) atoms. The highest BCUT2D eigenvalue weighted by atomic mass is 32.2. The Hall–Kier alpha value is -2.54. The van der Waals surface area contributed by atoms with Crippen molar-refractivity contribution < 1.29 is 9.21 Å². The van der Waals surface area contributed by atoms with Gasteiger partial charge in [-0.2, -0.15) is 5.10 Å². The summed E-state index contributed by atoms with van der Waals surface area (Å²) in [5, 5.41) is 4.88. The first-order chi connectivity index (χ1) is 11.7. The van der Waals surface area contributed by atoms with Crippen LogP contribution in [0.1, 0.15) is 19.6 Å². The van der Waals surface area contributed by atoms with Crippen molar-refractivity contribution >= 4 is 34.4 Å². The average molecular weight is 342 g/mol. The van der Waals surface area contributed by atoms with Gasteiger partial charge < -0.3 is 8.98 Å². The number of fused-ring (bicyclic) bond motifs is 1. The lowest BCUT2D eigenvalue weighted by Gasteiger charge is -2.05. The Balaban J connectivity index is 1.63. The monoisotopic (exact) mass is 342 g/mol. The molecule has 124 valence electrons. The van der Waals surface area contributed by atoms with E-state index >= 15 is 0 Å². The third-order valence-corrected chi connectivity index (χ3v) is 4.47. The zero-order valence-electron chi connectivity index (χ0n) is 13.5. The lowest BCUT2D eigenvalue weighted by molar-refractivity contribution is -0.118. The number of benzene rings is 1. The average Bonchev–Trinajstić information content (AvgIpc) is 3.24. The molecule has 0 unspecified atom stereocenters. The molecule has 0 saturated heterocycles. The number of para-hydroxylation sites is 2. The molecule has 0 radical (unpaired) electrons. The van der Waals surface area contributed by atoms with Crippen LogP contribution in [0.25, 0.3) is 11.0 Å². The topological polar surface area (TPSA) is 72.4 Å². The maximum Gasteiger partial charge on any atom is 0.250 e. The molecule has 0 spiro atoms. The van der Waals surface area contributed by atoms with E-state index in [9.17, 15) is 4.79 Å². The third kappa shape index (κ3) is 3.51. The van der Waals surface area contributed by atoms with Gasteiger partial charge in [-0.25, -0.2) is 10.4 Å². The van der Waals surface area contributed by atoms with E-state index in [0.29, 0.717) is 11.5 Å². The first-order valence-electron chi connectivity index (χ1n) is 7.64. The van der Waals surface area contributed by atoms with Gasteiger partial charge >= 0.3 is 0 Å². The number of carbonyl (C=O) groups excluding carboxylic acids is 1. The van der Waals surface area contributed by atoms with Crippen LogP contribution >= 0.6 is 11.8 Å². The summed E-state index contributed by atoms with van der Waals surface area (Å²) in [5.74, 6) is 0.703. The number of thioether (sulfide) groups is 1. The van der Waals surface area contributed by atoms with E-state index in [-0.39, 0.29) is 11.7 Å². The van der Waals surface area contributed by atoms with E-state index in [4.69, 9.17) is 4.42 Å². The van der Waals surface area contributed by atoms with E-state index < -0.39 is 0 Å². The normalized spacial score (nSPS) is 11.8. The Kier molecular flexibility index (Phi) is 5.00. The smallest absolute Gasteiger partial charge is 0.250 e. The van der Waals surface area contributed by atoms with Crippen LogP contribution in [0, 0.1) is 0 Å². The molecule has 2 heterocycles. The van der Waals surface area contributed by atoms with Gasteiger partial charge in [-0.1, -0.05) is 23.9 Å². The molecule has 1 amide bonds. The molecule has 6 nitrogen and oxygen atoms in total. The van der Waals surface area contributed by atoms with Crippen molar-refractivity contribution in [3.63, 3.8) is 0 Å². The summed E-state index contributed by atoms with van der Waals surface area (Å²) in [4.78, 5) is 16.6. The number of nitrogens with zero attached hydrogens (tertiary/aromatic N) is 3. The fourth-order valence-electron chi connectivity index (χ4n) is 2.32. The lowest BCUT2D eigenvalue weighted by Crippen LogP contribution is -2.21. The first kappa shape index (κ1) is 16.3. The number of hydrazone groups is 1. The zero-order chi connectivity index (χ0) is 16.9. The Bertz CT molecular complexity index is 868. The van der Waals surface area contributed by atoms with Crippen molar-refractivity contribution in [3.8, 4) is 0 Å². The highest BCUT2D eigenvalue weighted by molar-refractivity contribution is 7.99. The van der Waals surface area contributed by atoms with Gasteiger partial charge in [0.15, 0.2) is 5.16 Å². The van der Waals surface area contributed by atoms with E-state index in [1.54, 1.807) is 25.3 Å². The fourth-order valence-corrected chi connectivity index (χ4v) is 3.19. The predicted octanol–water partition coefficient (Wildman–Crippen LogP) is 3.28. The number of rotatable bonds is 6. The highest BCUT2D eigenvalue weighted by Crippen LogP contribution is 2.23. The standard InChI is InChI=1S/C17H18N4O2S/c1-3-21-14-8-5-4-7-13(14)18-17(21)24-11-16(22)20-19-12(2)15-9-6-10-23-15/h4-10H,3,11H2,1-2H3,(H,20,22)/b19-12-. The quantitative estimate of drug-likeness (QED) is 0.424. The summed E-state index contributed by atoms with van der Waals surface area (Å²) < 4.78 is 7.32. The van der Waals surface area contributed by atoms with Crippen LogP contribution in [0.3, 0.4) is 0 Å². The summed E-state index contributed by atoms with van der Waals surface area (Å²) in [6.07, 6.45) is 1.57. The van der Waals surface area contributed by atoms with Gasteiger partial charge in [0.25, 0.3) is 5.91 Å². The van der Waals surface area contributed by atoms with Gasteiger partial charge in [0.1, 0.15) is 11.5 Å². The van der Waals surface area contributed by atoms with Crippen LogP contribution in [0.4, 0.5) is 0 Å².